The fourth-order valence-electron chi connectivity index (χ4n) is 1.81. The summed E-state index contributed by atoms with van der Waals surface area (Å²) < 4.78 is 4.82. The number of hydrogen-bond donors (Lipinski definition) is 0. The number of hydrogen-bond acceptors (Lipinski definition) is 5. The molecule has 0 aromatic heterocycles. The first kappa shape index (κ1) is 14.2. The van der Waals surface area contributed by atoms with Crippen LogP contribution >= 0.6 is 0 Å². The highest BCUT2D eigenvalue weighted by atomic mass is 16.5. The molecule has 1 rings (SSSR count). The largest absolute Gasteiger partial charge is 0.466 e. The van der Waals surface area contributed by atoms with Crippen LogP contribution in [-0.2, 0) is 14.3 Å². The highest BCUT2D eigenvalue weighted by Gasteiger charge is 2.33. The van der Waals surface area contributed by atoms with E-state index in [4.69, 9.17) is 10.00 Å². The molecule has 1 unspecified atom stereocenters. The Hall–Kier alpha value is -1.90. The summed E-state index contributed by atoms with van der Waals surface area (Å²) in [5.74, 6) is -0.784. The smallest absolute Gasteiger partial charge is 0.305 e. The molecule has 0 saturated carbocycles. The minimum atomic E-state index is -0.354. The van der Waals surface area contributed by atoms with Crippen molar-refractivity contribution in [2.75, 3.05) is 13.2 Å². The van der Waals surface area contributed by atoms with Crippen LogP contribution in [0, 0.1) is 17.2 Å². The van der Waals surface area contributed by atoms with Crippen molar-refractivity contribution in [3.63, 3.8) is 0 Å². The Kier molecular flexibility index (Phi) is 5.31. The summed E-state index contributed by atoms with van der Waals surface area (Å²) >= 11 is 0. The molecule has 6 nitrogen and oxygen atoms in total. The zero-order valence-corrected chi connectivity index (χ0v) is 10.7. The average Bonchev–Trinajstić information content (AvgIpc) is 2.60. The standard InChI is InChI=1S/C12H17N3O3/c1-3-18-11(16)6-5-10-9(2)14-15(12(10)17)8-4-7-13/h10H,3-6,8H2,1-2H3. The maximum Gasteiger partial charge on any atom is 0.305 e. The molecule has 1 amide bonds. The number of ether oxygens (including phenoxy) is 1. The second-order valence-corrected chi connectivity index (χ2v) is 4.01. The van der Waals surface area contributed by atoms with Crippen LogP contribution in [0.4, 0.5) is 0 Å². The van der Waals surface area contributed by atoms with Gasteiger partial charge in [-0.1, -0.05) is 0 Å². The van der Waals surface area contributed by atoms with Gasteiger partial charge in [-0.25, -0.2) is 5.01 Å². The lowest BCUT2D eigenvalue weighted by molar-refractivity contribution is -0.143. The van der Waals surface area contributed by atoms with E-state index in [1.165, 1.54) is 5.01 Å². The summed E-state index contributed by atoms with van der Waals surface area (Å²) in [6, 6.07) is 1.97. The summed E-state index contributed by atoms with van der Waals surface area (Å²) in [6.07, 6.45) is 0.881. The highest BCUT2D eigenvalue weighted by Crippen LogP contribution is 2.20. The number of rotatable bonds is 6. The first-order valence-electron chi connectivity index (χ1n) is 5.99. The average molecular weight is 251 g/mol. The molecule has 0 bridgehead atoms. The monoisotopic (exact) mass is 251 g/mol. The van der Waals surface area contributed by atoms with Crippen LogP contribution < -0.4 is 0 Å². The van der Waals surface area contributed by atoms with Crippen molar-refractivity contribution in [3.05, 3.63) is 0 Å². The van der Waals surface area contributed by atoms with Gasteiger partial charge in [0.1, 0.15) is 0 Å². The van der Waals surface area contributed by atoms with Crippen molar-refractivity contribution in [2.24, 2.45) is 11.0 Å². The fourth-order valence-corrected chi connectivity index (χ4v) is 1.81. The Bertz CT molecular complexity index is 398. The van der Waals surface area contributed by atoms with Crippen molar-refractivity contribution >= 4 is 17.6 Å². The number of hydrazone groups is 1. The van der Waals surface area contributed by atoms with Gasteiger partial charge in [0.05, 0.1) is 31.6 Å². The predicted octanol–water partition coefficient (Wildman–Crippen LogP) is 1.08. The topological polar surface area (TPSA) is 82.8 Å². The molecule has 0 aromatic rings. The normalized spacial score (nSPS) is 18.5. The molecule has 0 aliphatic carbocycles. The first-order valence-corrected chi connectivity index (χ1v) is 5.99. The van der Waals surface area contributed by atoms with Crippen molar-refractivity contribution in [3.8, 4) is 6.07 Å². The van der Waals surface area contributed by atoms with Gasteiger partial charge in [0.15, 0.2) is 0 Å². The van der Waals surface area contributed by atoms with Crippen LogP contribution in [0.2, 0.25) is 0 Å². The molecule has 0 fully saturated rings. The quantitative estimate of drug-likeness (QED) is 0.661. The van der Waals surface area contributed by atoms with E-state index in [-0.39, 0.29) is 30.6 Å². The third kappa shape index (κ3) is 3.55. The molecule has 1 aliphatic heterocycles. The lowest BCUT2D eigenvalue weighted by Crippen LogP contribution is -2.28. The van der Waals surface area contributed by atoms with Crippen molar-refractivity contribution in [2.45, 2.75) is 33.1 Å². The van der Waals surface area contributed by atoms with E-state index in [0.717, 1.165) is 0 Å². The summed E-state index contributed by atoms with van der Waals surface area (Å²) in [5, 5.41) is 13.9. The van der Waals surface area contributed by atoms with Gasteiger partial charge in [0, 0.05) is 12.1 Å². The molecule has 18 heavy (non-hydrogen) atoms. The van der Waals surface area contributed by atoms with Gasteiger partial charge < -0.3 is 4.74 Å². The fraction of sp³-hybridized carbons (Fsp3) is 0.667. The van der Waals surface area contributed by atoms with E-state index >= 15 is 0 Å². The summed E-state index contributed by atoms with van der Waals surface area (Å²) in [5.41, 5.74) is 0.697. The number of carbonyl (C=O) groups is 2. The van der Waals surface area contributed by atoms with Crippen LogP contribution in [0.25, 0.3) is 0 Å². The van der Waals surface area contributed by atoms with E-state index in [1.54, 1.807) is 13.8 Å². The predicted molar refractivity (Wildman–Crippen MR) is 64.4 cm³/mol. The van der Waals surface area contributed by atoms with E-state index in [9.17, 15) is 9.59 Å². The van der Waals surface area contributed by atoms with Gasteiger partial charge in [0.2, 0.25) is 0 Å². The Morgan fingerprint density at radius 2 is 2.33 bits per heavy atom. The number of carbonyl (C=O) groups excluding carboxylic acids is 2. The number of esters is 1. The van der Waals surface area contributed by atoms with Gasteiger partial charge in [-0.05, 0) is 20.3 Å². The molecular weight excluding hydrogens is 234 g/mol. The molecule has 0 spiro atoms. The molecule has 0 radical (unpaired) electrons. The zero-order valence-electron chi connectivity index (χ0n) is 10.7. The molecule has 0 N–H and O–H groups in total. The zero-order chi connectivity index (χ0) is 13.5. The molecule has 0 saturated heterocycles. The number of amides is 1. The van der Waals surface area contributed by atoms with Gasteiger partial charge in [-0.3, -0.25) is 9.59 Å². The van der Waals surface area contributed by atoms with Crippen molar-refractivity contribution < 1.29 is 14.3 Å². The Morgan fingerprint density at radius 3 is 2.94 bits per heavy atom. The maximum atomic E-state index is 11.9. The Labute approximate surface area is 106 Å². The van der Waals surface area contributed by atoms with Crippen LogP contribution in [0.5, 0.6) is 0 Å². The van der Waals surface area contributed by atoms with Gasteiger partial charge in [0.25, 0.3) is 5.91 Å². The lowest BCUT2D eigenvalue weighted by Gasteiger charge is -2.12. The summed E-state index contributed by atoms with van der Waals surface area (Å²) in [6.45, 7) is 4.16. The van der Waals surface area contributed by atoms with Crippen molar-refractivity contribution in [1.29, 1.82) is 5.26 Å². The lowest BCUT2D eigenvalue weighted by atomic mass is 9.98. The molecule has 0 aromatic carbocycles. The minimum Gasteiger partial charge on any atom is -0.466 e. The van der Waals surface area contributed by atoms with Gasteiger partial charge >= 0.3 is 5.97 Å². The van der Waals surface area contributed by atoms with E-state index < -0.39 is 0 Å². The highest BCUT2D eigenvalue weighted by molar-refractivity contribution is 6.07. The van der Waals surface area contributed by atoms with Crippen LogP contribution in [-0.4, -0.2) is 35.7 Å². The van der Waals surface area contributed by atoms with Gasteiger partial charge in [-0.2, -0.15) is 10.4 Å². The molecule has 98 valence electrons. The third-order valence-corrected chi connectivity index (χ3v) is 2.71. The molecule has 1 atom stereocenters. The first-order chi connectivity index (χ1) is 8.60. The maximum absolute atomic E-state index is 11.9. The third-order valence-electron chi connectivity index (χ3n) is 2.71. The SMILES string of the molecule is CCOC(=O)CCC1C(=O)N(CCC#N)N=C1C. The number of nitrogens with zero attached hydrogens (tertiary/aromatic N) is 3. The molecule has 1 heterocycles. The van der Waals surface area contributed by atoms with E-state index in [0.29, 0.717) is 25.3 Å². The second-order valence-electron chi connectivity index (χ2n) is 4.01. The van der Waals surface area contributed by atoms with E-state index in [2.05, 4.69) is 5.10 Å². The number of nitriles is 1. The minimum absolute atomic E-state index is 0.132. The Balaban J connectivity index is 2.48. The Morgan fingerprint density at radius 1 is 1.61 bits per heavy atom. The van der Waals surface area contributed by atoms with Gasteiger partial charge in [-0.15, -0.1) is 0 Å². The van der Waals surface area contributed by atoms with Crippen molar-refractivity contribution in [1.82, 2.24) is 5.01 Å². The summed E-state index contributed by atoms with van der Waals surface area (Å²) in [7, 11) is 0. The van der Waals surface area contributed by atoms with Crippen LogP contribution in [0.3, 0.4) is 0 Å². The molecular formula is C12H17N3O3. The van der Waals surface area contributed by atoms with E-state index in [1.807, 2.05) is 6.07 Å². The molecule has 6 heteroatoms. The second kappa shape index (κ2) is 6.74. The van der Waals surface area contributed by atoms with Crippen LogP contribution in [0.1, 0.15) is 33.1 Å². The van der Waals surface area contributed by atoms with Crippen LogP contribution in [0.15, 0.2) is 5.10 Å². The summed E-state index contributed by atoms with van der Waals surface area (Å²) in [4.78, 5) is 23.2. The molecule has 1 aliphatic rings.